The standard InChI is InChI=1S/C16H16BrN/c17-15-6-5-12-10-13(18-7-2-8-18)9-11-3-1-4-14(15)16(11)12/h1,3-6,13H,2,7-10H2. The number of hydrogen-bond donors (Lipinski definition) is 0. The Morgan fingerprint density at radius 1 is 1.00 bits per heavy atom. The second kappa shape index (κ2) is 4.07. The molecule has 2 aromatic carbocycles. The van der Waals surface area contributed by atoms with Crippen LogP contribution in [0.2, 0.25) is 0 Å². The fraction of sp³-hybridized carbons (Fsp3) is 0.375. The van der Waals surface area contributed by atoms with Gasteiger partial charge in [-0.05, 0) is 60.3 Å². The highest BCUT2D eigenvalue weighted by Crippen LogP contribution is 2.35. The summed E-state index contributed by atoms with van der Waals surface area (Å²) in [7, 11) is 0. The Morgan fingerprint density at radius 2 is 1.78 bits per heavy atom. The first-order chi connectivity index (χ1) is 8.83. The molecule has 92 valence electrons. The van der Waals surface area contributed by atoms with Crippen LogP contribution in [0.25, 0.3) is 10.8 Å². The topological polar surface area (TPSA) is 3.24 Å². The van der Waals surface area contributed by atoms with Crippen molar-refractivity contribution in [1.29, 1.82) is 0 Å². The first kappa shape index (κ1) is 11.0. The summed E-state index contributed by atoms with van der Waals surface area (Å²) in [6.07, 6.45) is 3.83. The van der Waals surface area contributed by atoms with Crippen LogP contribution >= 0.6 is 15.9 Å². The van der Waals surface area contributed by atoms with Crippen molar-refractivity contribution in [2.24, 2.45) is 0 Å². The molecular weight excluding hydrogens is 286 g/mol. The van der Waals surface area contributed by atoms with Crippen LogP contribution in [-0.4, -0.2) is 24.0 Å². The average molecular weight is 302 g/mol. The molecular formula is C16H16BrN. The largest absolute Gasteiger partial charge is 0.300 e. The lowest BCUT2D eigenvalue weighted by Gasteiger charge is -2.40. The van der Waals surface area contributed by atoms with Crippen molar-refractivity contribution in [1.82, 2.24) is 4.90 Å². The summed E-state index contributed by atoms with van der Waals surface area (Å²) >= 11 is 3.68. The van der Waals surface area contributed by atoms with Gasteiger partial charge in [-0.2, -0.15) is 0 Å². The molecule has 1 nitrogen and oxygen atoms in total. The molecule has 0 N–H and O–H groups in total. The quantitative estimate of drug-likeness (QED) is 0.775. The maximum Gasteiger partial charge on any atom is 0.0254 e. The Kier molecular flexibility index (Phi) is 2.49. The zero-order chi connectivity index (χ0) is 12.1. The van der Waals surface area contributed by atoms with Crippen LogP contribution in [0, 0.1) is 0 Å². The molecule has 2 heteroatoms. The predicted molar refractivity (Wildman–Crippen MR) is 79.0 cm³/mol. The molecule has 0 saturated carbocycles. The molecule has 1 aliphatic carbocycles. The van der Waals surface area contributed by atoms with Gasteiger partial charge in [0.25, 0.3) is 0 Å². The van der Waals surface area contributed by atoms with Crippen molar-refractivity contribution < 1.29 is 0 Å². The lowest BCUT2D eigenvalue weighted by molar-refractivity contribution is 0.116. The number of nitrogens with zero attached hydrogens (tertiary/aromatic N) is 1. The van der Waals surface area contributed by atoms with Crippen LogP contribution in [0.1, 0.15) is 17.5 Å². The van der Waals surface area contributed by atoms with Crippen molar-refractivity contribution in [3.05, 3.63) is 45.9 Å². The van der Waals surface area contributed by atoms with E-state index in [0.717, 1.165) is 6.04 Å². The third-order valence-electron chi connectivity index (χ3n) is 4.48. The van der Waals surface area contributed by atoms with Crippen LogP contribution in [0.4, 0.5) is 0 Å². The molecule has 1 heterocycles. The zero-order valence-corrected chi connectivity index (χ0v) is 11.9. The SMILES string of the molecule is Brc1ccc2c3c(cccc13)CC(N1CCC1)C2. The van der Waals surface area contributed by atoms with Crippen molar-refractivity contribution in [3.63, 3.8) is 0 Å². The van der Waals surface area contributed by atoms with Gasteiger partial charge in [0, 0.05) is 10.5 Å². The fourth-order valence-electron chi connectivity index (χ4n) is 3.41. The van der Waals surface area contributed by atoms with Crippen molar-refractivity contribution in [3.8, 4) is 0 Å². The van der Waals surface area contributed by atoms with Gasteiger partial charge in [-0.15, -0.1) is 0 Å². The summed E-state index contributed by atoms with van der Waals surface area (Å²) in [5, 5.41) is 2.88. The summed E-state index contributed by atoms with van der Waals surface area (Å²) in [6.45, 7) is 2.60. The van der Waals surface area contributed by atoms with Gasteiger partial charge in [0.1, 0.15) is 0 Å². The van der Waals surface area contributed by atoms with E-state index in [4.69, 9.17) is 0 Å². The van der Waals surface area contributed by atoms with E-state index < -0.39 is 0 Å². The first-order valence-corrected chi connectivity index (χ1v) is 7.55. The van der Waals surface area contributed by atoms with Gasteiger partial charge >= 0.3 is 0 Å². The predicted octanol–water partition coefficient (Wildman–Crippen LogP) is 3.78. The van der Waals surface area contributed by atoms with Crippen LogP contribution in [-0.2, 0) is 12.8 Å². The lowest BCUT2D eigenvalue weighted by Crippen LogP contribution is -2.48. The maximum atomic E-state index is 3.68. The third-order valence-corrected chi connectivity index (χ3v) is 5.17. The molecule has 0 bridgehead atoms. The highest BCUT2D eigenvalue weighted by Gasteiger charge is 2.28. The molecule has 1 aliphatic heterocycles. The number of rotatable bonds is 1. The molecule has 4 rings (SSSR count). The van der Waals surface area contributed by atoms with Crippen LogP contribution in [0.15, 0.2) is 34.8 Å². The molecule has 2 aromatic rings. The van der Waals surface area contributed by atoms with Gasteiger partial charge in [-0.1, -0.05) is 40.2 Å². The van der Waals surface area contributed by atoms with E-state index in [1.165, 1.54) is 58.7 Å². The minimum Gasteiger partial charge on any atom is -0.300 e. The Bertz CT molecular complexity index is 604. The molecule has 18 heavy (non-hydrogen) atoms. The van der Waals surface area contributed by atoms with E-state index in [0.29, 0.717) is 0 Å². The molecule has 1 saturated heterocycles. The second-order valence-corrected chi connectivity index (χ2v) is 6.35. The van der Waals surface area contributed by atoms with Crippen molar-refractivity contribution in [2.45, 2.75) is 25.3 Å². The number of likely N-dealkylation sites (tertiary alicyclic amines) is 1. The van der Waals surface area contributed by atoms with E-state index in [-0.39, 0.29) is 0 Å². The lowest BCUT2D eigenvalue weighted by atomic mass is 9.84. The zero-order valence-electron chi connectivity index (χ0n) is 10.3. The number of halogens is 1. The molecule has 0 radical (unpaired) electrons. The summed E-state index contributed by atoms with van der Waals surface area (Å²) < 4.78 is 1.23. The normalized spacial score (nSPS) is 23.1. The maximum absolute atomic E-state index is 3.68. The van der Waals surface area contributed by atoms with Gasteiger partial charge in [-0.3, -0.25) is 4.90 Å². The van der Waals surface area contributed by atoms with Gasteiger partial charge in [0.2, 0.25) is 0 Å². The van der Waals surface area contributed by atoms with Crippen LogP contribution in [0.3, 0.4) is 0 Å². The molecule has 2 aliphatic rings. The molecule has 0 aromatic heterocycles. The Balaban J connectivity index is 1.86. The van der Waals surface area contributed by atoms with Gasteiger partial charge in [0.15, 0.2) is 0 Å². The molecule has 1 unspecified atom stereocenters. The number of benzene rings is 2. The summed E-state index contributed by atoms with van der Waals surface area (Å²) in [4.78, 5) is 2.64. The van der Waals surface area contributed by atoms with Crippen LogP contribution in [0.5, 0.6) is 0 Å². The van der Waals surface area contributed by atoms with E-state index in [2.05, 4.69) is 51.2 Å². The Labute approximate surface area is 116 Å². The summed E-state index contributed by atoms with van der Waals surface area (Å²) in [5.74, 6) is 0. The van der Waals surface area contributed by atoms with Crippen molar-refractivity contribution in [2.75, 3.05) is 13.1 Å². The monoisotopic (exact) mass is 301 g/mol. The summed E-state index contributed by atoms with van der Waals surface area (Å²) in [5.41, 5.74) is 3.07. The van der Waals surface area contributed by atoms with Gasteiger partial charge < -0.3 is 0 Å². The highest BCUT2D eigenvalue weighted by molar-refractivity contribution is 9.10. The first-order valence-electron chi connectivity index (χ1n) is 6.76. The van der Waals surface area contributed by atoms with Crippen LogP contribution < -0.4 is 0 Å². The summed E-state index contributed by atoms with van der Waals surface area (Å²) in [6, 6.07) is 12.0. The molecule has 0 amide bonds. The molecule has 0 spiro atoms. The Hall–Kier alpha value is -0.860. The Morgan fingerprint density at radius 3 is 2.50 bits per heavy atom. The van der Waals surface area contributed by atoms with Gasteiger partial charge in [-0.25, -0.2) is 0 Å². The fourth-order valence-corrected chi connectivity index (χ4v) is 3.87. The van der Waals surface area contributed by atoms with Crippen molar-refractivity contribution >= 4 is 26.7 Å². The minimum atomic E-state index is 0.734. The number of hydrogen-bond acceptors (Lipinski definition) is 1. The molecule has 1 atom stereocenters. The third kappa shape index (κ3) is 1.55. The highest BCUT2D eigenvalue weighted by atomic mass is 79.9. The van der Waals surface area contributed by atoms with E-state index >= 15 is 0 Å². The smallest absolute Gasteiger partial charge is 0.0254 e. The minimum absolute atomic E-state index is 0.734. The molecule has 1 fully saturated rings. The van der Waals surface area contributed by atoms with Gasteiger partial charge in [0.05, 0.1) is 0 Å². The van der Waals surface area contributed by atoms with E-state index in [9.17, 15) is 0 Å². The second-order valence-electron chi connectivity index (χ2n) is 5.50. The average Bonchev–Trinajstić information content (AvgIpc) is 2.31. The van der Waals surface area contributed by atoms with E-state index in [1.807, 2.05) is 0 Å². The van der Waals surface area contributed by atoms with E-state index in [1.54, 1.807) is 0 Å².